The van der Waals surface area contributed by atoms with E-state index in [-0.39, 0.29) is 18.1 Å². The zero-order valence-electron chi connectivity index (χ0n) is 13.2. The molecule has 122 valence electrons. The van der Waals surface area contributed by atoms with Gasteiger partial charge in [-0.1, -0.05) is 30.0 Å². The van der Waals surface area contributed by atoms with E-state index in [0.29, 0.717) is 16.4 Å². The molecule has 6 nitrogen and oxygen atoms in total. The molecule has 0 N–H and O–H groups in total. The van der Waals surface area contributed by atoms with Crippen LogP contribution in [0.2, 0.25) is 0 Å². The number of hydrogen-bond donors (Lipinski definition) is 0. The van der Waals surface area contributed by atoms with E-state index in [1.807, 2.05) is 30.5 Å². The molecular formula is C17H15N3O3S. The average Bonchev–Trinajstić information content (AvgIpc) is 2.62. The van der Waals surface area contributed by atoms with E-state index in [1.54, 1.807) is 19.2 Å². The Morgan fingerprint density at radius 3 is 2.83 bits per heavy atom. The third-order valence-electron chi connectivity index (χ3n) is 3.21. The van der Waals surface area contributed by atoms with Gasteiger partial charge in [0.05, 0.1) is 6.61 Å². The van der Waals surface area contributed by atoms with Crippen LogP contribution in [0.3, 0.4) is 0 Å². The number of thioether (sulfide) groups is 1. The van der Waals surface area contributed by atoms with Crippen LogP contribution in [0.4, 0.5) is 0 Å². The predicted octanol–water partition coefficient (Wildman–Crippen LogP) is 3.72. The number of rotatable bonds is 5. The number of carbonyl (C=O) groups is 1. The van der Waals surface area contributed by atoms with Gasteiger partial charge < -0.3 is 9.47 Å². The van der Waals surface area contributed by atoms with E-state index in [4.69, 9.17) is 9.47 Å². The van der Waals surface area contributed by atoms with Crippen molar-refractivity contribution in [3.63, 3.8) is 0 Å². The lowest BCUT2D eigenvalue weighted by molar-refractivity contribution is 0.0522. The summed E-state index contributed by atoms with van der Waals surface area (Å²) in [5, 5.41) is 1.44. The fourth-order valence-electron chi connectivity index (χ4n) is 2.14. The fourth-order valence-corrected chi connectivity index (χ4v) is 2.47. The Labute approximate surface area is 143 Å². The standard InChI is InChI=1S/C17H15N3O3S/c1-3-22-16(21)12-10-19-17(24-2)20-15(12)23-13-8-4-6-11-7-5-9-18-14(11)13/h4-10H,3H2,1-2H3. The SMILES string of the molecule is CCOC(=O)c1cnc(SC)nc1Oc1cccc2cccnc12. The first kappa shape index (κ1) is 16.2. The van der Waals surface area contributed by atoms with Crippen LogP contribution in [-0.2, 0) is 4.74 Å². The summed E-state index contributed by atoms with van der Waals surface area (Å²) in [6.07, 6.45) is 4.96. The van der Waals surface area contributed by atoms with Gasteiger partial charge in [-0.05, 0) is 25.3 Å². The van der Waals surface area contributed by atoms with Crippen LogP contribution in [-0.4, -0.2) is 33.8 Å². The smallest absolute Gasteiger partial charge is 0.345 e. The molecule has 0 spiro atoms. The summed E-state index contributed by atoms with van der Waals surface area (Å²) < 4.78 is 11.0. The molecule has 1 aromatic carbocycles. The molecule has 0 radical (unpaired) electrons. The Morgan fingerprint density at radius 2 is 2.04 bits per heavy atom. The van der Waals surface area contributed by atoms with Crippen LogP contribution < -0.4 is 4.74 Å². The lowest BCUT2D eigenvalue weighted by atomic mass is 10.2. The van der Waals surface area contributed by atoms with Crippen molar-refractivity contribution in [2.24, 2.45) is 0 Å². The van der Waals surface area contributed by atoms with Crippen LogP contribution in [0.15, 0.2) is 47.9 Å². The predicted molar refractivity (Wildman–Crippen MR) is 91.6 cm³/mol. The molecule has 0 bridgehead atoms. The van der Waals surface area contributed by atoms with Gasteiger partial charge in [0.2, 0.25) is 5.88 Å². The second-order valence-corrected chi connectivity index (χ2v) is 5.50. The number of carbonyl (C=O) groups excluding carboxylic acids is 1. The molecule has 24 heavy (non-hydrogen) atoms. The maximum atomic E-state index is 12.1. The minimum absolute atomic E-state index is 0.158. The van der Waals surface area contributed by atoms with Crippen LogP contribution in [0, 0.1) is 0 Å². The van der Waals surface area contributed by atoms with E-state index >= 15 is 0 Å². The Kier molecular flexibility index (Phi) is 4.90. The van der Waals surface area contributed by atoms with Gasteiger partial charge in [0.1, 0.15) is 11.1 Å². The van der Waals surface area contributed by atoms with Gasteiger partial charge in [0.25, 0.3) is 0 Å². The second-order valence-electron chi connectivity index (χ2n) is 4.73. The summed E-state index contributed by atoms with van der Waals surface area (Å²) >= 11 is 1.36. The zero-order chi connectivity index (χ0) is 16.9. The second kappa shape index (κ2) is 7.27. The third kappa shape index (κ3) is 3.30. The van der Waals surface area contributed by atoms with Crippen molar-refractivity contribution in [1.82, 2.24) is 15.0 Å². The highest BCUT2D eigenvalue weighted by Crippen LogP contribution is 2.30. The summed E-state index contributed by atoms with van der Waals surface area (Å²) in [6.45, 7) is 2.00. The van der Waals surface area contributed by atoms with Crippen molar-refractivity contribution >= 4 is 28.6 Å². The summed E-state index contributed by atoms with van der Waals surface area (Å²) in [5.41, 5.74) is 0.877. The molecular weight excluding hydrogens is 326 g/mol. The van der Waals surface area contributed by atoms with E-state index in [0.717, 1.165) is 5.39 Å². The zero-order valence-corrected chi connectivity index (χ0v) is 14.0. The minimum Gasteiger partial charge on any atom is -0.462 e. The van der Waals surface area contributed by atoms with Crippen molar-refractivity contribution in [2.45, 2.75) is 12.1 Å². The summed E-state index contributed by atoms with van der Waals surface area (Å²) in [5.74, 6) is 0.156. The topological polar surface area (TPSA) is 74.2 Å². The van der Waals surface area contributed by atoms with Crippen LogP contribution in [0.5, 0.6) is 11.6 Å². The fraction of sp³-hybridized carbons (Fsp3) is 0.176. The molecule has 2 aromatic heterocycles. The highest BCUT2D eigenvalue weighted by molar-refractivity contribution is 7.98. The normalized spacial score (nSPS) is 10.6. The minimum atomic E-state index is -0.520. The molecule has 0 amide bonds. The highest BCUT2D eigenvalue weighted by atomic mass is 32.2. The molecule has 3 aromatic rings. The van der Waals surface area contributed by atoms with Crippen LogP contribution in [0.25, 0.3) is 10.9 Å². The number of esters is 1. The molecule has 0 atom stereocenters. The number of nitrogens with zero attached hydrogens (tertiary/aromatic N) is 3. The Balaban J connectivity index is 2.05. The van der Waals surface area contributed by atoms with Crippen molar-refractivity contribution in [3.8, 4) is 11.6 Å². The summed E-state index contributed by atoms with van der Waals surface area (Å²) in [4.78, 5) is 24.9. The Bertz CT molecular complexity index is 881. The lowest BCUT2D eigenvalue weighted by Gasteiger charge is -2.11. The number of benzene rings is 1. The van der Waals surface area contributed by atoms with Crippen molar-refractivity contribution in [1.29, 1.82) is 0 Å². The van der Waals surface area contributed by atoms with Gasteiger partial charge in [-0.15, -0.1) is 0 Å². The first-order valence-corrected chi connectivity index (χ1v) is 8.55. The summed E-state index contributed by atoms with van der Waals surface area (Å²) in [7, 11) is 0. The molecule has 0 fully saturated rings. The number of fused-ring (bicyclic) bond motifs is 1. The molecule has 0 aliphatic rings. The quantitative estimate of drug-likeness (QED) is 0.398. The van der Waals surface area contributed by atoms with E-state index in [2.05, 4.69) is 15.0 Å². The number of pyridine rings is 1. The average molecular weight is 341 g/mol. The van der Waals surface area contributed by atoms with E-state index in [9.17, 15) is 4.79 Å². The molecule has 3 rings (SSSR count). The van der Waals surface area contributed by atoms with Gasteiger partial charge in [-0.3, -0.25) is 4.98 Å². The lowest BCUT2D eigenvalue weighted by Crippen LogP contribution is -2.09. The number of aromatic nitrogens is 3. The molecule has 0 unspecified atom stereocenters. The number of para-hydroxylation sites is 1. The first-order valence-electron chi connectivity index (χ1n) is 7.32. The van der Waals surface area contributed by atoms with Crippen LogP contribution in [0.1, 0.15) is 17.3 Å². The van der Waals surface area contributed by atoms with Crippen molar-refractivity contribution in [2.75, 3.05) is 12.9 Å². The summed E-state index contributed by atoms with van der Waals surface area (Å²) in [6, 6.07) is 9.38. The molecule has 0 aliphatic heterocycles. The molecule has 0 aliphatic carbocycles. The monoisotopic (exact) mass is 341 g/mol. The van der Waals surface area contributed by atoms with Gasteiger partial charge in [0.15, 0.2) is 10.9 Å². The molecule has 0 saturated heterocycles. The van der Waals surface area contributed by atoms with Crippen molar-refractivity contribution < 1.29 is 14.3 Å². The maximum absolute atomic E-state index is 12.1. The highest BCUT2D eigenvalue weighted by Gasteiger charge is 2.19. The van der Waals surface area contributed by atoms with Gasteiger partial charge in [0, 0.05) is 17.8 Å². The Hall–Kier alpha value is -2.67. The Morgan fingerprint density at radius 1 is 1.21 bits per heavy atom. The first-order chi connectivity index (χ1) is 11.7. The molecule has 0 saturated carbocycles. The van der Waals surface area contributed by atoms with Gasteiger partial charge in [-0.25, -0.2) is 9.78 Å². The van der Waals surface area contributed by atoms with Gasteiger partial charge >= 0.3 is 5.97 Å². The maximum Gasteiger partial charge on any atom is 0.345 e. The number of ether oxygens (including phenoxy) is 2. The van der Waals surface area contributed by atoms with E-state index in [1.165, 1.54) is 18.0 Å². The third-order valence-corrected chi connectivity index (χ3v) is 3.77. The molecule has 2 heterocycles. The van der Waals surface area contributed by atoms with Crippen LogP contribution >= 0.6 is 11.8 Å². The van der Waals surface area contributed by atoms with Gasteiger partial charge in [-0.2, -0.15) is 4.98 Å². The van der Waals surface area contributed by atoms with E-state index < -0.39 is 5.97 Å². The largest absolute Gasteiger partial charge is 0.462 e. The molecule has 7 heteroatoms. The van der Waals surface area contributed by atoms with Crippen molar-refractivity contribution in [3.05, 3.63) is 48.3 Å². The number of hydrogen-bond acceptors (Lipinski definition) is 7.